The molecule has 2 rings (SSSR count). The van der Waals surface area contributed by atoms with Gasteiger partial charge in [0.05, 0.1) is 19.9 Å². The molecular weight excluding hydrogens is 330 g/mol. The van der Waals surface area contributed by atoms with Gasteiger partial charge in [0, 0.05) is 10.6 Å². The molecule has 2 amide bonds. The van der Waals surface area contributed by atoms with Crippen molar-refractivity contribution in [3.8, 4) is 5.75 Å². The Kier molecular flexibility index (Phi) is 6.33. The first-order valence-corrected chi connectivity index (χ1v) is 7.46. The van der Waals surface area contributed by atoms with Gasteiger partial charge < -0.3 is 10.1 Å². The quantitative estimate of drug-likeness (QED) is 0.622. The van der Waals surface area contributed by atoms with E-state index in [9.17, 15) is 9.59 Å². The lowest BCUT2D eigenvalue weighted by molar-refractivity contribution is -0.120. The molecule has 0 saturated carbocycles. The third kappa shape index (κ3) is 5.40. The number of hydrazone groups is 1. The monoisotopic (exact) mass is 345 g/mol. The van der Waals surface area contributed by atoms with Gasteiger partial charge in [-0.3, -0.25) is 9.59 Å². The number of carbonyl (C=O) groups is 2. The van der Waals surface area contributed by atoms with Gasteiger partial charge in [-0.15, -0.1) is 0 Å². The molecule has 6 nitrogen and oxygen atoms in total. The van der Waals surface area contributed by atoms with Crippen molar-refractivity contribution < 1.29 is 14.3 Å². The molecule has 0 aromatic heterocycles. The highest BCUT2D eigenvalue weighted by Gasteiger charge is 2.07. The lowest BCUT2D eigenvalue weighted by atomic mass is 10.2. The van der Waals surface area contributed by atoms with E-state index in [4.69, 9.17) is 16.3 Å². The van der Waals surface area contributed by atoms with Crippen LogP contribution in [-0.4, -0.2) is 31.7 Å². The van der Waals surface area contributed by atoms with Gasteiger partial charge in [-0.05, 0) is 42.0 Å². The predicted octanol–water partition coefficient (Wildman–Crippen LogP) is 2.23. The van der Waals surface area contributed by atoms with Crippen molar-refractivity contribution in [2.75, 3.05) is 13.7 Å². The minimum absolute atomic E-state index is 0.183. The van der Waals surface area contributed by atoms with Gasteiger partial charge in [0.25, 0.3) is 11.8 Å². The van der Waals surface area contributed by atoms with Crippen molar-refractivity contribution in [3.63, 3.8) is 0 Å². The summed E-state index contributed by atoms with van der Waals surface area (Å²) in [5.74, 6) is -0.138. The van der Waals surface area contributed by atoms with E-state index in [2.05, 4.69) is 15.8 Å². The van der Waals surface area contributed by atoms with Crippen LogP contribution in [0.4, 0.5) is 0 Å². The number of hydrogen-bond donors (Lipinski definition) is 2. The molecule has 2 aromatic rings. The van der Waals surface area contributed by atoms with Crippen LogP contribution >= 0.6 is 11.6 Å². The second-order valence-electron chi connectivity index (χ2n) is 4.76. The summed E-state index contributed by atoms with van der Waals surface area (Å²) in [6.45, 7) is -0.183. The van der Waals surface area contributed by atoms with E-state index in [0.29, 0.717) is 16.3 Å². The largest absolute Gasteiger partial charge is 0.497 e. The van der Waals surface area contributed by atoms with Crippen molar-refractivity contribution in [1.82, 2.24) is 10.7 Å². The third-order valence-electron chi connectivity index (χ3n) is 3.01. The van der Waals surface area contributed by atoms with Crippen LogP contribution in [0.2, 0.25) is 5.02 Å². The summed E-state index contributed by atoms with van der Waals surface area (Å²) in [7, 11) is 1.54. The molecule has 0 bridgehead atoms. The first-order valence-electron chi connectivity index (χ1n) is 7.08. The molecule has 2 N–H and O–H groups in total. The highest BCUT2D eigenvalue weighted by Crippen LogP contribution is 2.11. The van der Waals surface area contributed by atoms with E-state index < -0.39 is 5.91 Å². The maximum atomic E-state index is 11.9. The van der Waals surface area contributed by atoms with E-state index in [-0.39, 0.29) is 12.5 Å². The zero-order chi connectivity index (χ0) is 17.4. The normalized spacial score (nSPS) is 10.4. The molecule has 0 heterocycles. The van der Waals surface area contributed by atoms with Crippen LogP contribution in [0.1, 0.15) is 15.9 Å². The lowest BCUT2D eigenvalue weighted by Gasteiger charge is -2.05. The molecule has 0 aliphatic carbocycles. The fraction of sp³-hybridized carbons (Fsp3) is 0.118. The predicted molar refractivity (Wildman–Crippen MR) is 92.5 cm³/mol. The van der Waals surface area contributed by atoms with Gasteiger partial charge in [0.2, 0.25) is 0 Å². The van der Waals surface area contributed by atoms with Gasteiger partial charge in [0.15, 0.2) is 0 Å². The molecule has 0 fully saturated rings. The third-order valence-corrected chi connectivity index (χ3v) is 3.25. The molecule has 7 heteroatoms. The molecule has 0 unspecified atom stereocenters. The summed E-state index contributed by atoms with van der Waals surface area (Å²) in [5, 5.41) is 6.89. The van der Waals surface area contributed by atoms with E-state index in [1.54, 1.807) is 55.6 Å². The molecule has 0 saturated heterocycles. The Morgan fingerprint density at radius 3 is 2.62 bits per heavy atom. The maximum absolute atomic E-state index is 11.9. The minimum Gasteiger partial charge on any atom is -0.497 e. The molecule has 0 spiro atoms. The summed E-state index contributed by atoms with van der Waals surface area (Å²) >= 11 is 5.84. The molecule has 0 aliphatic heterocycles. The lowest BCUT2D eigenvalue weighted by Crippen LogP contribution is -2.34. The van der Waals surface area contributed by atoms with E-state index >= 15 is 0 Å². The number of ether oxygens (including phenoxy) is 1. The SMILES string of the molecule is COc1ccc(C(=O)NCC(=O)N/N=C\c2cccc(Cl)c2)cc1. The van der Waals surface area contributed by atoms with Crippen molar-refractivity contribution in [1.29, 1.82) is 0 Å². The number of rotatable bonds is 6. The number of hydrogen-bond acceptors (Lipinski definition) is 4. The van der Waals surface area contributed by atoms with Crippen molar-refractivity contribution in [2.45, 2.75) is 0 Å². The fourth-order valence-corrected chi connectivity index (χ4v) is 2.01. The first kappa shape index (κ1) is 17.5. The number of methoxy groups -OCH3 is 1. The Bertz CT molecular complexity index is 745. The average molecular weight is 346 g/mol. The van der Waals surface area contributed by atoms with Crippen LogP contribution < -0.4 is 15.5 Å². The second kappa shape index (κ2) is 8.69. The van der Waals surface area contributed by atoms with Crippen LogP contribution in [-0.2, 0) is 4.79 Å². The van der Waals surface area contributed by atoms with E-state index in [1.807, 2.05) is 0 Å². The standard InChI is InChI=1S/C17H16ClN3O3/c1-24-15-7-5-13(6-8-15)17(23)19-11-16(22)21-20-10-12-3-2-4-14(18)9-12/h2-10H,11H2,1H3,(H,19,23)(H,21,22)/b20-10-. The van der Waals surface area contributed by atoms with Crippen LogP contribution in [0.3, 0.4) is 0 Å². The van der Waals surface area contributed by atoms with Crippen molar-refractivity contribution in [2.24, 2.45) is 5.10 Å². The average Bonchev–Trinajstić information content (AvgIpc) is 2.60. The molecule has 124 valence electrons. The second-order valence-corrected chi connectivity index (χ2v) is 5.20. The van der Waals surface area contributed by atoms with Crippen LogP contribution in [0, 0.1) is 0 Å². The Morgan fingerprint density at radius 2 is 1.96 bits per heavy atom. The summed E-state index contributed by atoms with van der Waals surface area (Å²) in [6, 6.07) is 13.6. The highest BCUT2D eigenvalue weighted by molar-refractivity contribution is 6.30. The van der Waals surface area contributed by atoms with Crippen LogP contribution in [0.5, 0.6) is 5.75 Å². The molecular formula is C17H16ClN3O3. The Labute approximate surface area is 144 Å². The van der Waals surface area contributed by atoms with Crippen LogP contribution in [0.15, 0.2) is 53.6 Å². The fourth-order valence-electron chi connectivity index (χ4n) is 1.81. The molecule has 2 aromatic carbocycles. The van der Waals surface area contributed by atoms with Crippen LogP contribution in [0.25, 0.3) is 0 Å². The Hall–Kier alpha value is -2.86. The first-order chi connectivity index (χ1) is 11.6. The van der Waals surface area contributed by atoms with Gasteiger partial charge in [-0.25, -0.2) is 5.43 Å². The Balaban J connectivity index is 1.78. The van der Waals surface area contributed by atoms with Gasteiger partial charge in [-0.1, -0.05) is 23.7 Å². The van der Waals surface area contributed by atoms with E-state index in [1.165, 1.54) is 6.21 Å². The number of benzene rings is 2. The molecule has 0 aliphatic rings. The zero-order valence-corrected chi connectivity index (χ0v) is 13.7. The van der Waals surface area contributed by atoms with Gasteiger partial charge >= 0.3 is 0 Å². The zero-order valence-electron chi connectivity index (χ0n) is 13.0. The number of nitrogens with zero attached hydrogens (tertiary/aromatic N) is 1. The summed E-state index contributed by atoms with van der Waals surface area (Å²) in [5.41, 5.74) is 3.52. The maximum Gasteiger partial charge on any atom is 0.259 e. The molecule has 24 heavy (non-hydrogen) atoms. The van der Waals surface area contributed by atoms with Crippen molar-refractivity contribution in [3.05, 3.63) is 64.7 Å². The minimum atomic E-state index is -0.435. The summed E-state index contributed by atoms with van der Waals surface area (Å²) in [4.78, 5) is 23.5. The topological polar surface area (TPSA) is 79.8 Å². The number of halogens is 1. The molecule has 0 atom stereocenters. The Morgan fingerprint density at radius 1 is 1.21 bits per heavy atom. The number of amides is 2. The van der Waals surface area contributed by atoms with Gasteiger partial charge in [0.1, 0.15) is 5.75 Å². The van der Waals surface area contributed by atoms with E-state index in [0.717, 1.165) is 5.56 Å². The summed E-state index contributed by atoms with van der Waals surface area (Å²) in [6.07, 6.45) is 1.47. The molecule has 0 radical (unpaired) electrons. The number of nitrogens with one attached hydrogen (secondary N) is 2. The summed E-state index contributed by atoms with van der Waals surface area (Å²) < 4.78 is 5.02. The number of carbonyl (C=O) groups excluding carboxylic acids is 2. The smallest absolute Gasteiger partial charge is 0.259 e. The highest BCUT2D eigenvalue weighted by atomic mass is 35.5. The van der Waals surface area contributed by atoms with Crippen molar-refractivity contribution >= 4 is 29.6 Å². The van der Waals surface area contributed by atoms with Gasteiger partial charge in [-0.2, -0.15) is 5.10 Å².